The minimum Gasteiger partial charge on any atom is -1.00 e. The number of hydrogen-bond acceptors (Lipinski definition) is 0. The van der Waals surface area contributed by atoms with Gasteiger partial charge < -0.3 is 12.4 Å². The van der Waals surface area contributed by atoms with Crippen LogP contribution in [-0.2, 0) is 0 Å². The Morgan fingerprint density at radius 3 is 2.00 bits per heavy atom. The zero-order chi connectivity index (χ0) is 4.99. The van der Waals surface area contributed by atoms with Crippen molar-refractivity contribution >= 4 is 19.8 Å². The van der Waals surface area contributed by atoms with Gasteiger partial charge in [0.1, 0.15) is 0 Å². The fourth-order valence-electron chi connectivity index (χ4n) is 0.289. The van der Waals surface area contributed by atoms with Crippen LogP contribution in [0.1, 0.15) is 0 Å². The summed E-state index contributed by atoms with van der Waals surface area (Å²) in [7, 11) is 0. The summed E-state index contributed by atoms with van der Waals surface area (Å²) < 4.78 is 1.34. The standard InChI is InChI=1S/C3H5.2CH3.ClH.Sn/c1-3-2;;;;/h3H,1-2H2;2*1H3;1H;/q;;;;+1/p-1. The van der Waals surface area contributed by atoms with E-state index in [-0.39, 0.29) is 12.4 Å². The number of hydrogen-bond donors (Lipinski definition) is 0. The number of halogens is 1. The Bertz CT molecular complexity index is 43.3. The molecule has 0 atom stereocenters. The van der Waals surface area contributed by atoms with Crippen LogP contribution in [0.25, 0.3) is 0 Å². The molecule has 0 aliphatic heterocycles. The summed E-state index contributed by atoms with van der Waals surface area (Å²) in [6, 6.07) is 0. The van der Waals surface area contributed by atoms with E-state index in [1.165, 1.54) is 4.44 Å². The summed E-state index contributed by atoms with van der Waals surface area (Å²) in [5, 5.41) is 0. The van der Waals surface area contributed by atoms with Crippen molar-refractivity contribution in [3.8, 4) is 0 Å². The van der Waals surface area contributed by atoms with Crippen LogP contribution in [0.15, 0.2) is 12.7 Å². The zero-order valence-corrected chi connectivity index (χ0v) is 8.48. The average Bonchev–Trinajstić information content (AvgIpc) is 1.35. The predicted molar refractivity (Wildman–Crippen MR) is 32.5 cm³/mol. The Labute approximate surface area is 59.1 Å². The smallest absolute Gasteiger partial charge is 1.00 e. The van der Waals surface area contributed by atoms with Crippen molar-refractivity contribution in [1.82, 2.24) is 0 Å². The first kappa shape index (κ1) is 10.7. The van der Waals surface area contributed by atoms with E-state index in [9.17, 15) is 0 Å². The fourth-order valence-corrected chi connectivity index (χ4v) is 1.94. The minimum atomic E-state index is -0.733. The van der Waals surface area contributed by atoms with Crippen molar-refractivity contribution in [3.05, 3.63) is 12.7 Å². The van der Waals surface area contributed by atoms with Crippen molar-refractivity contribution in [2.75, 3.05) is 0 Å². The molecule has 0 aromatic rings. The normalized spacial score (nSPS) is 6.57. The Morgan fingerprint density at radius 1 is 1.57 bits per heavy atom. The van der Waals surface area contributed by atoms with E-state index in [0.29, 0.717) is 0 Å². The van der Waals surface area contributed by atoms with Gasteiger partial charge in [-0.1, -0.05) is 0 Å². The van der Waals surface area contributed by atoms with Crippen LogP contribution in [-0.4, -0.2) is 19.8 Å². The summed E-state index contributed by atoms with van der Waals surface area (Å²) in [6.07, 6.45) is 2.04. The van der Waals surface area contributed by atoms with E-state index in [4.69, 9.17) is 0 Å². The van der Waals surface area contributed by atoms with E-state index >= 15 is 0 Å². The van der Waals surface area contributed by atoms with Crippen molar-refractivity contribution in [3.63, 3.8) is 0 Å². The molecule has 0 saturated carbocycles. The van der Waals surface area contributed by atoms with Crippen LogP contribution in [0, 0.1) is 0 Å². The maximum absolute atomic E-state index is 3.65. The SMILES string of the molecule is C=C[CH2][Sn+]([CH3])[CH3].[Cl-]. The average molecular weight is 225 g/mol. The topological polar surface area (TPSA) is 0 Å². The third-order valence-corrected chi connectivity index (χ3v) is 3.71. The van der Waals surface area contributed by atoms with E-state index in [2.05, 4.69) is 16.5 Å². The van der Waals surface area contributed by atoms with Gasteiger partial charge in [0.25, 0.3) is 0 Å². The summed E-state index contributed by atoms with van der Waals surface area (Å²) in [5.41, 5.74) is 0. The molecule has 0 aliphatic carbocycles. The second-order valence-electron chi connectivity index (χ2n) is 1.70. The number of allylic oxidation sites excluding steroid dienone is 1. The molecule has 0 rings (SSSR count). The molecule has 0 fully saturated rings. The molecular weight excluding hydrogens is 214 g/mol. The van der Waals surface area contributed by atoms with Crippen molar-refractivity contribution in [2.45, 2.75) is 14.3 Å². The molecule has 0 amide bonds. The molecule has 2 heteroatoms. The molecule has 0 aromatic carbocycles. The molecule has 0 aromatic heterocycles. The van der Waals surface area contributed by atoms with E-state index in [1.807, 2.05) is 6.08 Å². The van der Waals surface area contributed by atoms with E-state index in [0.717, 1.165) is 0 Å². The molecule has 0 saturated heterocycles. The maximum Gasteiger partial charge on any atom is -1.00 e. The molecule has 42 valence electrons. The van der Waals surface area contributed by atoms with Gasteiger partial charge >= 0.3 is 46.7 Å². The Kier molecular flexibility index (Phi) is 10.5. The summed E-state index contributed by atoms with van der Waals surface area (Å²) >= 11 is -0.733. The summed E-state index contributed by atoms with van der Waals surface area (Å²) in [5.74, 6) is 0. The fraction of sp³-hybridized carbons (Fsp3) is 0.600. The van der Waals surface area contributed by atoms with Crippen LogP contribution in [0.3, 0.4) is 0 Å². The Hall–Kier alpha value is 0.829. The van der Waals surface area contributed by atoms with E-state index < -0.39 is 19.8 Å². The molecular formula is C5H11ClSn. The molecule has 0 aliphatic rings. The van der Waals surface area contributed by atoms with Gasteiger partial charge in [0.2, 0.25) is 0 Å². The van der Waals surface area contributed by atoms with Gasteiger partial charge in [0, 0.05) is 0 Å². The molecule has 0 unspecified atom stereocenters. The maximum atomic E-state index is 3.65. The van der Waals surface area contributed by atoms with Gasteiger partial charge in [-0.2, -0.15) is 0 Å². The predicted octanol–water partition coefficient (Wildman–Crippen LogP) is -1.07. The second kappa shape index (κ2) is 6.83. The van der Waals surface area contributed by atoms with Gasteiger partial charge in [-0.15, -0.1) is 0 Å². The van der Waals surface area contributed by atoms with Crippen LogP contribution in [0.4, 0.5) is 0 Å². The van der Waals surface area contributed by atoms with Crippen LogP contribution in [0.5, 0.6) is 0 Å². The molecule has 0 heterocycles. The molecule has 0 N–H and O–H groups in total. The molecule has 0 bridgehead atoms. The first-order valence-corrected chi connectivity index (χ1v) is 9.90. The van der Waals surface area contributed by atoms with Crippen LogP contribution < -0.4 is 12.4 Å². The van der Waals surface area contributed by atoms with Gasteiger partial charge in [-0.05, 0) is 0 Å². The van der Waals surface area contributed by atoms with Gasteiger partial charge in [0.15, 0.2) is 0 Å². The minimum absolute atomic E-state index is 0. The first-order valence-electron chi connectivity index (χ1n) is 2.17. The Balaban J connectivity index is 0. The largest absolute Gasteiger partial charge is 1.00 e. The summed E-state index contributed by atoms with van der Waals surface area (Å²) in [6.45, 7) is 3.65. The van der Waals surface area contributed by atoms with Gasteiger partial charge in [-0.25, -0.2) is 0 Å². The van der Waals surface area contributed by atoms with Crippen molar-refractivity contribution < 1.29 is 12.4 Å². The van der Waals surface area contributed by atoms with Crippen molar-refractivity contribution in [2.24, 2.45) is 0 Å². The zero-order valence-electron chi connectivity index (χ0n) is 4.87. The first-order chi connectivity index (χ1) is 2.77. The molecule has 7 heavy (non-hydrogen) atoms. The van der Waals surface area contributed by atoms with Crippen LogP contribution in [0.2, 0.25) is 14.3 Å². The molecule has 0 radical (unpaired) electrons. The Morgan fingerprint density at radius 2 is 2.00 bits per heavy atom. The number of rotatable bonds is 2. The van der Waals surface area contributed by atoms with Gasteiger partial charge in [-0.3, -0.25) is 0 Å². The molecule has 0 spiro atoms. The third kappa shape index (κ3) is 10.9. The summed E-state index contributed by atoms with van der Waals surface area (Å²) in [4.78, 5) is 4.76. The second-order valence-corrected chi connectivity index (χ2v) is 9.76. The monoisotopic (exact) mass is 226 g/mol. The van der Waals surface area contributed by atoms with Crippen LogP contribution >= 0.6 is 0 Å². The van der Waals surface area contributed by atoms with Gasteiger partial charge in [0.05, 0.1) is 0 Å². The molecule has 0 nitrogen and oxygen atoms in total. The van der Waals surface area contributed by atoms with E-state index in [1.54, 1.807) is 0 Å². The van der Waals surface area contributed by atoms with Crippen molar-refractivity contribution in [1.29, 1.82) is 0 Å². The third-order valence-electron chi connectivity index (χ3n) is 0.553. The quantitative estimate of drug-likeness (QED) is 0.415.